The molecule has 0 radical (unpaired) electrons. The first-order valence-corrected chi connectivity index (χ1v) is 11.5. The number of hydrogen-bond donors (Lipinski definition) is 1. The van der Waals surface area contributed by atoms with Crippen molar-refractivity contribution in [2.24, 2.45) is 5.10 Å². The Labute approximate surface area is 189 Å². The summed E-state index contributed by atoms with van der Waals surface area (Å²) in [5.74, 6) is -0.385. The summed E-state index contributed by atoms with van der Waals surface area (Å²) in [6, 6.07) is 22.3. The van der Waals surface area contributed by atoms with E-state index >= 15 is 0 Å². The maximum atomic E-state index is 13.1. The molecular weight excluding hydrogens is 422 g/mol. The smallest absolute Gasteiger partial charge is 0.267 e. The van der Waals surface area contributed by atoms with Gasteiger partial charge in [-0.3, -0.25) is 9.10 Å². The van der Waals surface area contributed by atoms with Crippen molar-refractivity contribution in [2.75, 3.05) is 10.8 Å². The maximum Gasteiger partial charge on any atom is 0.271 e. The molecule has 32 heavy (non-hydrogen) atoms. The minimum atomic E-state index is -3.76. The van der Waals surface area contributed by atoms with Gasteiger partial charge in [-0.05, 0) is 55.8 Å². The Kier molecular flexibility index (Phi) is 7.22. The third-order valence-corrected chi connectivity index (χ3v) is 6.65. The number of aryl methyl sites for hydroxylation is 1. The zero-order valence-corrected chi connectivity index (χ0v) is 18.8. The first kappa shape index (κ1) is 23.0. The maximum absolute atomic E-state index is 13.1. The topological polar surface area (TPSA) is 78.8 Å². The first-order chi connectivity index (χ1) is 15.3. The van der Waals surface area contributed by atoms with Crippen molar-refractivity contribution in [2.45, 2.75) is 18.7 Å². The number of amides is 1. The van der Waals surface area contributed by atoms with Crippen LogP contribution < -0.4 is 9.73 Å². The first-order valence-electron chi connectivity index (χ1n) is 10.0. The predicted octanol–water partition coefficient (Wildman–Crippen LogP) is 4.53. The highest BCUT2D eigenvalue weighted by Crippen LogP contribution is 2.24. The number of benzene rings is 3. The Bertz CT molecular complexity index is 1220. The quantitative estimate of drug-likeness (QED) is 0.313. The van der Waals surface area contributed by atoms with Gasteiger partial charge in [-0.1, -0.05) is 54.1 Å². The SMILES string of the molecule is C=CCN(c1ccc(C(=O)N/N=C(/C)c2ccc(C)cc2)cc1)S(=O)(=O)c1ccccc1. The van der Waals surface area contributed by atoms with Crippen LogP contribution in [0.1, 0.15) is 28.4 Å². The molecule has 1 N–H and O–H groups in total. The van der Waals surface area contributed by atoms with Crippen molar-refractivity contribution in [3.63, 3.8) is 0 Å². The predicted molar refractivity (Wildman–Crippen MR) is 128 cm³/mol. The van der Waals surface area contributed by atoms with Gasteiger partial charge in [0.1, 0.15) is 0 Å². The van der Waals surface area contributed by atoms with Gasteiger partial charge >= 0.3 is 0 Å². The molecule has 3 rings (SSSR count). The molecule has 7 heteroatoms. The Morgan fingerprint density at radius 3 is 2.16 bits per heavy atom. The van der Waals surface area contributed by atoms with Gasteiger partial charge in [-0.25, -0.2) is 13.8 Å². The molecule has 0 fully saturated rings. The summed E-state index contributed by atoms with van der Waals surface area (Å²) in [6.07, 6.45) is 1.52. The van der Waals surface area contributed by atoms with E-state index in [1.807, 2.05) is 38.1 Å². The van der Waals surface area contributed by atoms with Crippen LogP contribution in [-0.2, 0) is 10.0 Å². The molecule has 0 aliphatic carbocycles. The van der Waals surface area contributed by atoms with Crippen LogP contribution in [0.2, 0.25) is 0 Å². The van der Waals surface area contributed by atoms with Gasteiger partial charge in [0.25, 0.3) is 15.9 Å². The van der Waals surface area contributed by atoms with Crippen LogP contribution in [0, 0.1) is 6.92 Å². The molecule has 0 aliphatic rings. The second-order valence-electron chi connectivity index (χ2n) is 7.19. The number of hydrogen-bond acceptors (Lipinski definition) is 4. The number of nitrogens with one attached hydrogen (secondary N) is 1. The van der Waals surface area contributed by atoms with Gasteiger partial charge in [0, 0.05) is 5.56 Å². The summed E-state index contributed by atoms with van der Waals surface area (Å²) in [4.78, 5) is 12.7. The monoisotopic (exact) mass is 447 g/mol. The van der Waals surface area contributed by atoms with Crippen molar-refractivity contribution in [1.29, 1.82) is 0 Å². The minimum absolute atomic E-state index is 0.100. The van der Waals surface area contributed by atoms with Gasteiger partial charge in [-0.15, -0.1) is 6.58 Å². The van der Waals surface area contributed by atoms with E-state index in [4.69, 9.17) is 0 Å². The Morgan fingerprint density at radius 2 is 1.56 bits per heavy atom. The molecule has 1 amide bonds. The summed E-state index contributed by atoms with van der Waals surface area (Å²) >= 11 is 0. The summed E-state index contributed by atoms with van der Waals surface area (Å²) in [5.41, 5.74) is 6.08. The molecular formula is C25H25N3O3S. The molecule has 164 valence electrons. The van der Waals surface area contributed by atoms with Crippen LogP contribution in [-0.4, -0.2) is 26.6 Å². The van der Waals surface area contributed by atoms with Crippen LogP contribution in [0.5, 0.6) is 0 Å². The third kappa shape index (κ3) is 5.31. The van der Waals surface area contributed by atoms with Crippen LogP contribution >= 0.6 is 0 Å². The van der Waals surface area contributed by atoms with Gasteiger partial charge in [-0.2, -0.15) is 5.10 Å². The standard InChI is InChI=1S/C25H25N3O3S/c1-4-18-28(32(30,31)24-8-6-5-7-9-24)23-16-14-22(15-17-23)25(29)27-26-20(3)21-12-10-19(2)11-13-21/h4-17H,1,18H2,2-3H3,(H,27,29)/b26-20-. The number of rotatable bonds is 8. The number of carbonyl (C=O) groups excluding carboxylic acids is 1. The summed E-state index contributed by atoms with van der Waals surface area (Å²) < 4.78 is 27.4. The van der Waals surface area contributed by atoms with E-state index in [1.54, 1.807) is 54.6 Å². The highest BCUT2D eigenvalue weighted by atomic mass is 32.2. The largest absolute Gasteiger partial charge is 0.271 e. The minimum Gasteiger partial charge on any atom is -0.267 e. The van der Waals surface area contributed by atoms with E-state index in [0.29, 0.717) is 17.0 Å². The van der Waals surface area contributed by atoms with Crippen molar-refractivity contribution in [3.05, 3.63) is 108 Å². The normalized spacial score (nSPS) is 11.6. The van der Waals surface area contributed by atoms with E-state index in [-0.39, 0.29) is 17.3 Å². The molecule has 0 saturated carbocycles. The fourth-order valence-corrected chi connectivity index (χ4v) is 4.47. The molecule has 0 bridgehead atoms. The molecule has 6 nitrogen and oxygen atoms in total. The summed E-state index contributed by atoms with van der Waals surface area (Å²) in [7, 11) is -3.76. The average molecular weight is 448 g/mol. The number of nitrogens with zero attached hydrogens (tertiary/aromatic N) is 2. The van der Waals surface area contributed by atoms with E-state index < -0.39 is 10.0 Å². The van der Waals surface area contributed by atoms with E-state index in [2.05, 4.69) is 17.1 Å². The van der Waals surface area contributed by atoms with Gasteiger partial charge < -0.3 is 0 Å². The number of carbonyl (C=O) groups is 1. The van der Waals surface area contributed by atoms with Crippen molar-refractivity contribution >= 4 is 27.3 Å². The van der Waals surface area contributed by atoms with Gasteiger partial charge in [0.15, 0.2) is 0 Å². The highest BCUT2D eigenvalue weighted by Gasteiger charge is 2.23. The number of anilines is 1. The summed E-state index contributed by atoms with van der Waals surface area (Å²) in [6.45, 7) is 7.58. The molecule has 0 atom stereocenters. The molecule has 0 heterocycles. The fourth-order valence-electron chi connectivity index (χ4n) is 3.02. The fraction of sp³-hybridized carbons (Fsp3) is 0.120. The molecule has 3 aromatic rings. The van der Waals surface area contributed by atoms with E-state index in [1.165, 1.54) is 10.4 Å². The van der Waals surface area contributed by atoms with E-state index in [0.717, 1.165) is 11.1 Å². The molecule has 0 aliphatic heterocycles. The van der Waals surface area contributed by atoms with Gasteiger partial charge in [0.2, 0.25) is 0 Å². The van der Waals surface area contributed by atoms with Crippen molar-refractivity contribution < 1.29 is 13.2 Å². The second kappa shape index (κ2) is 10.1. The van der Waals surface area contributed by atoms with Crippen molar-refractivity contribution in [1.82, 2.24) is 5.43 Å². The van der Waals surface area contributed by atoms with Crippen LogP contribution in [0.4, 0.5) is 5.69 Å². The molecule has 3 aromatic carbocycles. The van der Waals surface area contributed by atoms with Crippen LogP contribution in [0.25, 0.3) is 0 Å². The lowest BCUT2D eigenvalue weighted by molar-refractivity contribution is 0.0955. The molecule has 0 spiro atoms. The average Bonchev–Trinajstić information content (AvgIpc) is 2.82. The Morgan fingerprint density at radius 1 is 0.969 bits per heavy atom. The Hall–Kier alpha value is -3.71. The zero-order valence-electron chi connectivity index (χ0n) is 18.0. The number of sulfonamides is 1. The second-order valence-corrected chi connectivity index (χ2v) is 9.05. The van der Waals surface area contributed by atoms with Gasteiger partial charge in [0.05, 0.1) is 22.8 Å². The lowest BCUT2D eigenvalue weighted by Gasteiger charge is -2.23. The molecule has 0 saturated heterocycles. The Balaban J connectivity index is 1.78. The van der Waals surface area contributed by atoms with E-state index in [9.17, 15) is 13.2 Å². The third-order valence-electron chi connectivity index (χ3n) is 4.84. The van der Waals surface area contributed by atoms with Crippen LogP contribution in [0.3, 0.4) is 0 Å². The molecule has 0 aromatic heterocycles. The zero-order chi connectivity index (χ0) is 23.1. The number of hydrazone groups is 1. The van der Waals surface area contributed by atoms with Crippen molar-refractivity contribution in [3.8, 4) is 0 Å². The van der Waals surface area contributed by atoms with Crippen LogP contribution in [0.15, 0.2) is 102 Å². The lowest BCUT2D eigenvalue weighted by atomic mass is 10.1. The highest BCUT2D eigenvalue weighted by molar-refractivity contribution is 7.92. The lowest BCUT2D eigenvalue weighted by Crippen LogP contribution is -2.31. The summed E-state index contributed by atoms with van der Waals surface area (Å²) in [5, 5.41) is 4.16. The molecule has 0 unspecified atom stereocenters.